The molecule has 0 unspecified atom stereocenters. The average molecular weight is 232 g/mol. The molecular formula is C11H8ClN4+. The first-order chi connectivity index (χ1) is 7.84. The second-order valence-electron chi connectivity index (χ2n) is 3.36. The van der Waals surface area contributed by atoms with Crippen molar-refractivity contribution in [3.8, 4) is 5.69 Å². The van der Waals surface area contributed by atoms with Crippen LogP contribution in [0.3, 0.4) is 0 Å². The largest absolute Gasteiger partial charge is 0.329 e. The minimum Gasteiger partial charge on any atom is -0.123 e. The predicted octanol–water partition coefficient (Wildman–Crippen LogP) is 1.66. The summed E-state index contributed by atoms with van der Waals surface area (Å²) in [7, 11) is 0. The summed E-state index contributed by atoms with van der Waals surface area (Å²) >= 11 is 5.84. The number of hydrogen-bond acceptors (Lipinski definition) is 2. The van der Waals surface area contributed by atoms with Crippen LogP contribution in [0, 0.1) is 0 Å². The van der Waals surface area contributed by atoms with Crippen molar-refractivity contribution < 1.29 is 4.52 Å². The number of rotatable bonds is 1. The Bertz CT molecular complexity index is 630. The number of fused-ring (bicyclic) bond motifs is 1. The van der Waals surface area contributed by atoms with Gasteiger partial charge in [-0.3, -0.25) is 0 Å². The molecule has 0 bridgehead atoms. The highest BCUT2D eigenvalue weighted by Gasteiger charge is 2.12. The third-order valence-electron chi connectivity index (χ3n) is 2.31. The van der Waals surface area contributed by atoms with E-state index in [9.17, 15) is 0 Å². The lowest BCUT2D eigenvalue weighted by Gasteiger charge is -1.96. The van der Waals surface area contributed by atoms with E-state index in [2.05, 4.69) is 10.3 Å². The summed E-state index contributed by atoms with van der Waals surface area (Å²) in [5.41, 5.74) is 1.72. The molecule has 3 aromatic rings. The van der Waals surface area contributed by atoms with Gasteiger partial charge in [0.15, 0.2) is 5.21 Å². The molecule has 0 amide bonds. The van der Waals surface area contributed by atoms with E-state index in [4.69, 9.17) is 11.6 Å². The number of halogens is 1. The van der Waals surface area contributed by atoms with Crippen LogP contribution >= 0.6 is 11.6 Å². The second-order valence-corrected chi connectivity index (χ2v) is 3.80. The first kappa shape index (κ1) is 9.30. The lowest BCUT2D eigenvalue weighted by atomic mass is 10.3. The van der Waals surface area contributed by atoms with E-state index < -0.39 is 0 Å². The first-order valence-corrected chi connectivity index (χ1v) is 5.21. The van der Waals surface area contributed by atoms with Gasteiger partial charge in [0.2, 0.25) is 0 Å². The maximum absolute atomic E-state index is 5.84. The van der Waals surface area contributed by atoms with Crippen LogP contribution in [0.4, 0.5) is 0 Å². The molecule has 16 heavy (non-hydrogen) atoms. The molecule has 0 saturated heterocycles. The first-order valence-electron chi connectivity index (χ1n) is 4.83. The van der Waals surface area contributed by atoms with Gasteiger partial charge in [-0.15, -0.1) is 4.52 Å². The van der Waals surface area contributed by atoms with Crippen molar-refractivity contribution >= 4 is 17.2 Å². The topological polar surface area (TPSA) is 34.8 Å². The van der Waals surface area contributed by atoms with Crippen LogP contribution in [0.15, 0.2) is 48.7 Å². The molecule has 0 aliphatic rings. The quantitative estimate of drug-likeness (QED) is 0.597. The highest BCUT2D eigenvalue weighted by molar-refractivity contribution is 6.30. The van der Waals surface area contributed by atoms with Gasteiger partial charge in [-0.25, -0.2) is 0 Å². The molecule has 3 rings (SSSR count). The molecule has 0 radical (unpaired) electrons. The second kappa shape index (κ2) is 3.57. The molecule has 1 aromatic carbocycles. The predicted molar refractivity (Wildman–Crippen MR) is 59.5 cm³/mol. The summed E-state index contributed by atoms with van der Waals surface area (Å²) in [6, 6.07) is 13.2. The Balaban J connectivity index is 2.22. The molecule has 0 saturated carbocycles. The van der Waals surface area contributed by atoms with Crippen molar-refractivity contribution in [2.45, 2.75) is 0 Å². The Morgan fingerprint density at radius 1 is 1.06 bits per heavy atom. The molecule has 0 N–H and O–H groups in total. The number of tetrazole rings is 1. The Hall–Kier alpha value is -1.94. The molecule has 78 valence electrons. The van der Waals surface area contributed by atoms with Gasteiger partial charge in [-0.2, -0.15) is 0 Å². The smallest absolute Gasteiger partial charge is 0.123 e. The summed E-state index contributed by atoms with van der Waals surface area (Å²) in [4.78, 5) is 1.71. The van der Waals surface area contributed by atoms with E-state index >= 15 is 0 Å². The number of nitrogens with zero attached hydrogens (tertiary/aromatic N) is 4. The Labute approximate surface area is 96.7 Å². The number of benzene rings is 1. The molecule has 0 aliphatic carbocycles. The van der Waals surface area contributed by atoms with Crippen LogP contribution in [0.5, 0.6) is 0 Å². The summed E-state index contributed by atoms with van der Waals surface area (Å²) < 4.78 is 1.86. The maximum Gasteiger partial charge on any atom is 0.329 e. The molecule has 0 spiro atoms. The lowest BCUT2D eigenvalue weighted by Crippen LogP contribution is -2.31. The van der Waals surface area contributed by atoms with E-state index in [0.717, 1.165) is 11.3 Å². The molecule has 2 aromatic heterocycles. The Morgan fingerprint density at radius 2 is 1.88 bits per heavy atom. The van der Waals surface area contributed by atoms with Crippen molar-refractivity contribution in [3.63, 3.8) is 0 Å². The maximum atomic E-state index is 5.84. The minimum atomic E-state index is 0.707. The van der Waals surface area contributed by atoms with Crippen LogP contribution in [0.2, 0.25) is 5.02 Å². The van der Waals surface area contributed by atoms with E-state index in [-0.39, 0.29) is 0 Å². The Kier molecular flexibility index (Phi) is 2.08. The zero-order valence-corrected chi connectivity index (χ0v) is 9.04. The van der Waals surface area contributed by atoms with Crippen molar-refractivity contribution in [1.29, 1.82) is 0 Å². The number of hydrogen-bond donors (Lipinski definition) is 0. The van der Waals surface area contributed by atoms with Crippen molar-refractivity contribution in [1.82, 2.24) is 15.1 Å². The van der Waals surface area contributed by atoms with Gasteiger partial charge in [-0.05, 0) is 35.1 Å². The van der Waals surface area contributed by atoms with E-state index in [1.54, 1.807) is 4.80 Å². The van der Waals surface area contributed by atoms with Gasteiger partial charge < -0.3 is 0 Å². The van der Waals surface area contributed by atoms with Gasteiger partial charge in [0, 0.05) is 11.1 Å². The third kappa shape index (κ3) is 1.44. The fourth-order valence-electron chi connectivity index (χ4n) is 1.55. The minimum absolute atomic E-state index is 0.707. The molecule has 0 fully saturated rings. The van der Waals surface area contributed by atoms with Crippen LogP contribution in [0.25, 0.3) is 11.3 Å². The molecule has 5 heteroatoms. The van der Waals surface area contributed by atoms with Gasteiger partial charge >= 0.3 is 5.65 Å². The standard InChI is InChI=1S/C11H8ClN4/c12-9-4-6-10(7-5-9)16-14-13-11-3-1-2-8-15(11)16/h1-8H/q+1. The average Bonchev–Trinajstić information content (AvgIpc) is 2.74. The SMILES string of the molecule is Clc1ccc(-n2nnc3cccc[n+]32)cc1. The molecule has 2 heterocycles. The molecule has 0 atom stereocenters. The molecular weight excluding hydrogens is 224 g/mol. The third-order valence-corrected chi connectivity index (χ3v) is 2.56. The highest BCUT2D eigenvalue weighted by atomic mass is 35.5. The number of pyridine rings is 1. The number of aromatic nitrogens is 4. The van der Waals surface area contributed by atoms with Crippen LogP contribution < -0.4 is 4.52 Å². The van der Waals surface area contributed by atoms with Crippen molar-refractivity contribution in [3.05, 3.63) is 53.7 Å². The zero-order chi connectivity index (χ0) is 11.0. The van der Waals surface area contributed by atoms with E-state index in [1.165, 1.54) is 0 Å². The van der Waals surface area contributed by atoms with E-state index in [0.29, 0.717) is 5.02 Å². The lowest BCUT2D eigenvalue weighted by molar-refractivity contribution is -0.604. The fourth-order valence-corrected chi connectivity index (χ4v) is 1.67. The van der Waals surface area contributed by atoms with Gasteiger partial charge in [-0.1, -0.05) is 17.7 Å². The highest BCUT2D eigenvalue weighted by Crippen LogP contribution is 2.11. The molecule has 0 aliphatic heterocycles. The fraction of sp³-hybridized carbons (Fsp3) is 0. The molecule has 4 nitrogen and oxygen atoms in total. The Morgan fingerprint density at radius 3 is 2.69 bits per heavy atom. The van der Waals surface area contributed by atoms with Crippen molar-refractivity contribution in [2.75, 3.05) is 0 Å². The van der Waals surface area contributed by atoms with Crippen LogP contribution in [0.1, 0.15) is 0 Å². The van der Waals surface area contributed by atoms with Crippen molar-refractivity contribution in [2.24, 2.45) is 0 Å². The van der Waals surface area contributed by atoms with Gasteiger partial charge in [0.1, 0.15) is 10.8 Å². The summed E-state index contributed by atoms with van der Waals surface area (Å²) in [5.74, 6) is 0. The van der Waals surface area contributed by atoms with E-state index in [1.807, 2.05) is 53.2 Å². The normalized spacial score (nSPS) is 10.8. The zero-order valence-electron chi connectivity index (χ0n) is 8.29. The van der Waals surface area contributed by atoms with Crippen LogP contribution in [-0.2, 0) is 0 Å². The monoisotopic (exact) mass is 231 g/mol. The van der Waals surface area contributed by atoms with Gasteiger partial charge in [0.05, 0.1) is 6.20 Å². The van der Waals surface area contributed by atoms with Crippen LogP contribution in [-0.4, -0.2) is 15.1 Å². The summed E-state index contributed by atoms with van der Waals surface area (Å²) in [5, 5.41) is 8.85. The summed E-state index contributed by atoms with van der Waals surface area (Å²) in [6.45, 7) is 0. The summed E-state index contributed by atoms with van der Waals surface area (Å²) in [6.07, 6.45) is 1.91. The van der Waals surface area contributed by atoms with Gasteiger partial charge in [0.25, 0.3) is 0 Å².